The van der Waals surface area contributed by atoms with E-state index in [1.807, 2.05) is 31.3 Å². The van der Waals surface area contributed by atoms with E-state index < -0.39 is 0 Å². The molecule has 1 aliphatic rings. The number of nitrogens with zero attached hydrogens (tertiary/aromatic N) is 2. The average molecular weight is 270 g/mol. The largest absolute Gasteiger partial charge is 0.341 e. The number of aromatic nitrogens is 1. The fourth-order valence-corrected chi connectivity index (χ4v) is 2.40. The topological polar surface area (TPSA) is 71.2 Å². The molecule has 104 valence electrons. The maximum absolute atomic E-state index is 12.6. The fraction of sp³-hybridized carbons (Fsp3) is 0.333. The lowest BCUT2D eigenvalue weighted by atomic mass is 10.1. The number of nitrogens with one attached hydrogen (secondary N) is 1. The Kier molecular flexibility index (Phi) is 3.28. The Bertz CT molecular complexity index is 651. The van der Waals surface area contributed by atoms with Gasteiger partial charge in [0.1, 0.15) is 5.82 Å². The summed E-state index contributed by atoms with van der Waals surface area (Å²) in [7, 11) is 1.85. The second-order valence-electron chi connectivity index (χ2n) is 5.35. The van der Waals surface area contributed by atoms with E-state index in [0.717, 1.165) is 17.4 Å². The van der Waals surface area contributed by atoms with Gasteiger partial charge in [0.2, 0.25) is 0 Å². The molecule has 3 N–H and O–H groups in total. The average Bonchev–Trinajstić information content (AvgIpc) is 3.29. The van der Waals surface area contributed by atoms with Crippen LogP contribution in [-0.4, -0.2) is 29.4 Å². The van der Waals surface area contributed by atoms with Crippen LogP contribution in [0.15, 0.2) is 30.3 Å². The van der Waals surface area contributed by atoms with Gasteiger partial charge in [0.05, 0.1) is 11.1 Å². The van der Waals surface area contributed by atoms with Crippen molar-refractivity contribution in [3.05, 3.63) is 35.9 Å². The molecule has 1 amide bonds. The van der Waals surface area contributed by atoms with Gasteiger partial charge in [-0.15, -0.1) is 0 Å². The number of rotatable bonds is 4. The summed E-state index contributed by atoms with van der Waals surface area (Å²) in [5, 5.41) is 0.860. The van der Waals surface area contributed by atoms with Crippen molar-refractivity contribution in [2.45, 2.75) is 12.8 Å². The number of carbonyl (C=O) groups is 1. The van der Waals surface area contributed by atoms with Crippen LogP contribution in [0, 0.1) is 5.92 Å². The molecule has 0 atom stereocenters. The second-order valence-corrected chi connectivity index (χ2v) is 5.35. The molecule has 1 aromatic heterocycles. The van der Waals surface area contributed by atoms with Crippen LogP contribution in [0.1, 0.15) is 23.2 Å². The minimum atomic E-state index is 0.0204. The summed E-state index contributed by atoms with van der Waals surface area (Å²) in [4.78, 5) is 18.8. The van der Waals surface area contributed by atoms with Crippen LogP contribution < -0.4 is 11.3 Å². The first kappa shape index (κ1) is 12.9. The van der Waals surface area contributed by atoms with E-state index >= 15 is 0 Å². The van der Waals surface area contributed by atoms with Crippen molar-refractivity contribution in [1.82, 2.24) is 9.88 Å². The zero-order valence-electron chi connectivity index (χ0n) is 11.5. The van der Waals surface area contributed by atoms with Crippen molar-refractivity contribution in [2.75, 3.05) is 19.0 Å². The number of hydrazine groups is 1. The minimum absolute atomic E-state index is 0.0204. The predicted molar refractivity (Wildman–Crippen MR) is 79.2 cm³/mol. The summed E-state index contributed by atoms with van der Waals surface area (Å²) in [5.74, 6) is 6.64. The van der Waals surface area contributed by atoms with Crippen molar-refractivity contribution in [2.24, 2.45) is 11.8 Å². The van der Waals surface area contributed by atoms with E-state index in [2.05, 4.69) is 10.4 Å². The standard InChI is InChI=1S/C15H18N4O/c1-19(9-10-6-7-10)15(20)12-8-14(18-16)17-13-5-3-2-4-11(12)13/h2-5,8,10H,6-7,9,16H2,1H3,(H,17,18). The van der Waals surface area contributed by atoms with Gasteiger partial charge in [-0.1, -0.05) is 18.2 Å². The molecule has 0 radical (unpaired) electrons. The monoisotopic (exact) mass is 270 g/mol. The summed E-state index contributed by atoms with van der Waals surface area (Å²) in [6.07, 6.45) is 2.45. The molecule has 0 aliphatic heterocycles. The van der Waals surface area contributed by atoms with Crippen molar-refractivity contribution >= 4 is 22.6 Å². The molecule has 0 unspecified atom stereocenters. The minimum Gasteiger partial charge on any atom is -0.341 e. The van der Waals surface area contributed by atoms with Crippen LogP contribution in [0.25, 0.3) is 10.9 Å². The number of pyridine rings is 1. The molecule has 0 saturated heterocycles. The zero-order chi connectivity index (χ0) is 14.1. The van der Waals surface area contributed by atoms with Gasteiger partial charge >= 0.3 is 0 Å². The third-order valence-electron chi connectivity index (χ3n) is 3.67. The molecule has 1 aliphatic carbocycles. The lowest BCUT2D eigenvalue weighted by Crippen LogP contribution is -2.29. The molecule has 1 heterocycles. The Morgan fingerprint density at radius 3 is 2.90 bits per heavy atom. The Hall–Kier alpha value is -2.14. The molecule has 1 saturated carbocycles. The van der Waals surface area contributed by atoms with Crippen LogP contribution in [0.4, 0.5) is 5.82 Å². The maximum atomic E-state index is 12.6. The number of nitrogen functional groups attached to an aromatic ring is 1. The van der Waals surface area contributed by atoms with Gasteiger partial charge in [-0.25, -0.2) is 10.8 Å². The van der Waals surface area contributed by atoms with E-state index in [0.29, 0.717) is 17.3 Å². The number of para-hydroxylation sites is 1. The fourth-order valence-electron chi connectivity index (χ4n) is 2.40. The number of fused-ring (bicyclic) bond motifs is 1. The Balaban J connectivity index is 2.01. The first-order valence-corrected chi connectivity index (χ1v) is 6.81. The highest BCUT2D eigenvalue weighted by molar-refractivity contribution is 6.06. The van der Waals surface area contributed by atoms with Crippen LogP contribution >= 0.6 is 0 Å². The number of amides is 1. The van der Waals surface area contributed by atoms with Crippen molar-refractivity contribution in [1.29, 1.82) is 0 Å². The Labute approximate surface area is 117 Å². The highest BCUT2D eigenvalue weighted by Crippen LogP contribution is 2.30. The van der Waals surface area contributed by atoms with Gasteiger partial charge in [-0.2, -0.15) is 0 Å². The zero-order valence-corrected chi connectivity index (χ0v) is 11.5. The lowest BCUT2D eigenvalue weighted by Gasteiger charge is -2.18. The molecule has 2 aromatic rings. The molecule has 1 aromatic carbocycles. The van der Waals surface area contributed by atoms with E-state index in [9.17, 15) is 4.79 Å². The number of hydrogen-bond donors (Lipinski definition) is 2. The van der Waals surface area contributed by atoms with Crippen LogP contribution in [0.5, 0.6) is 0 Å². The van der Waals surface area contributed by atoms with E-state index in [-0.39, 0.29) is 5.91 Å². The summed E-state index contributed by atoms with van der Waals surface area (Å²) in [5.41, 5.74) is 3.94. The molecular formula is C15H18N4O. The molecule has 3 rings (SSSR count). The van der Waals surface area contributed by atoms with Gasteiger partial charge < -0.3 is 10.3 Å². The number of hydrogen-bond acceptors (Lipinski definition) is 4. The summed E-state index contributed by atoms with van der Waals surface area (Å²) < 4.78 is 0. The summed E-state index contributed by atoms with van der Waals surface area (Å²) >= 11 is 0. The first-order chi connectivity index (χ1) is 9.69. The van der Waals surface area contributed by atoms with E-state index in [1.165, 1.54) is 12.8 Å². The molecule has 5 heteroatoms. The SMILES string of the molecule is CN(CC1CC1)C(=O)c1cc(NN)nc2ccccc12. The summed E-state index contributed by atoms with van der Waals surface area (Å²) in [6.45, 7) is 0.820. The van der Waals surface area contributed by atoms with Gasteiger partial charge in [-0.05, 0) is 30.9 Å². The number of benzene rings is 1. The highest BCUT2D eigenvalue weighted by atomic mass is 16.2. The molecule has 20 heavy (non-hydrogen) atoms. The van der Waals surface area contributed by atoms with Crippen molar-refractivity contribution in [3.63, 3.8) is 0 Å². The third-order valence-corrected chi connectivity index (χ3v) is 3.67. The van der Waals surface area contributed by atoms with Gasteiger partial charge in [0, 0.05) is 19.0 Å². The smallest absolute Gasteiger partial charge is 0.254 e. The van der Waals surface area contributed by atoms with E-state index in [4.69, 9.17) is 5.84 Å². The number of carbonyl (C=O) groups excluding carboxylic acids is 1. The molecular weight excluding hydrogens is 252 g/mol. The number of nitrogens with two attached hydrogens (primary N) is 1. The van der Waals surface area contributed by atoms with Crippen molar-refractivity contribution in [3.8, 4) is 0 Å². The molecule has 0 spiro atoms. The molecule has 5 nitrogen and oxygen atoms in total. The third kappa shape index (κ3) is 2.44. The highest BCUT2D eigenvalue weighted by Gasteiger charge is 2.26. The predicted octanol–water partition coefficient (Wildman–Crippen LogP) is 2.00. The number of anilines is 1. The first-order valence-electron chi connectivity index (χ1n) is 6.81. The molecule has 0 bridgehead atoms. The van der Waals surface area contributed by atoms with Gasteiger partial charge in [-0.3, -0.25) is 4.79 Å². The second kappa shape index (κ2) is 5.09. The Morgan fingerprint density at radius 1 is 1.45 bits per heavy atom. The van der Waals surface area contributed by atoms with E-state index in [1.54, 1.807) is 11.0 Å². The van der Waals surface area contributed by atoms with Crippen molar-refractivity contribution < 1.29 is 4.79 Å². The summed E-state index contributed by atoms with van der Waals surface area (Å²) in [6, 6.07) is 9.33. The lowest BCUT2D eigenvalue weighted by molar-refractivity contribution is 0.0790. The van der Waals surface area contributed by atoms with Gasteiger partial charge in [0.25, 0.3) is 5.91 Å². The van der Waals surface area contributed by atoms with Crippen LogP contribution in [0.3, 0.4) is 0 Å². The van der Waals surface area contributed by atoms with Gasteiger partial charge in [0.15, 0.2) is 0 Å². The van der Waals surface area contributed by atoms with Crippen LogP contribution in [-0.2, 0) is 0 Å². The maximum Gasteiger partial charge on any atom is 0.254 e. The Morgan fingerprint density at radius 2 is 2.20 bits per heavy atom. The normalized spacial score (nSPS) is 14.3. The quantitative estimate of drug-likeness (QED) is 0.658. The molecule has 1 fully saturated rings. The van der Waals surface area contributed by atoms with Crippen LogP contribution in [0.2, 0.25) is 0 Å².